The highest BCUT2D eigenvalue weighted by Gasteiger charge is 2.22. The second-order valence-corrected chi connectivity index (χ2v) is 4.74. The smallest absolute Gasteiger partial charge is 0.314 e. The molecule has 1 aromatic carbocycles. The summed E-state index contributed by atoms with van der Waals surface area (Å²) in [6, 6.07) is 7.83. The zero-order chi connectivity index (χ0) is 14.2. The Hall–Kier alpha value is -1.75. The number of benzene rings is 1. The number of amides is 2. The molecular formula is C15H22N2O3. The molecule has 0 saturated heterocycles. The van der Waals surface area contributed by atoms with Gasteiger partial charge in [0.05, 0.1) is 6.54 Å². The molecule has 0 aliphatic carbocycles. The predicted molar refractivity (Wildman–Crippen MR) is 77.1 cm³/mol. The van der Waals surface area contributed by atoms with Crippen LogP contribution < -0.4 is 15.4 Å². The van der Waals surface area contributed by atoms with E-state index in [9.17, 15) is 4.79 Å². The van der Waals surface area contributed by atoms with Gasteiger partial charge in [-0.05, 0) is 25.0 Å². The van der Waals surface area contributed by atoms with Crippen molar-refractivity contribution in [3.63, 3.8) is 0 Å². The van der Waals surface area contributed by atoms with Crippen LogP contribution in [-0.4, -0.2) is 38.4 Å². The highest BCUT2D eigenvalue weighted by Crippen LogP contribution is 2.27. The van der Waals surface area contributed by atoms with Crippen molar-refractivity contribution in [2.75, 3.05) is 26.3 Å². The van der Waals surface area contributed by atoms with Crippen molar-refractivity contribution in [2.24, 2.45) is 0 Å². The van der Waals surface area contributed by atoms with E-state index in [1.54, 1.807) is 0 Å². The van der Waals surface area contributed by atoms with E-state index in [4.69, 9.17) is 9.47 Å². The van der Waals surface area contributed by atoms with Crippen LogP contribution in [0.5, 0.6) is 5.75 Å². The number of ether oxygens (including phenoxy) is 2. The molecule has 0 radical (unpaired) electrons. The zero-order valence-electron chi connectivity index (χ0n) is 11.9. The Balaban J connectivity index is 1.59. The summed E-state index contributed by atoms with van der Waals surface area (Å²) in [5.41, 5.74) is 1.21. The molecule has 1 aliphatic rings. The van der Waals surface area contributed by atoms with Crippen molar-refractivity contribution >= 4 is 6.03 Å². The molecule has 1 atom stereocenters. The molecular weight excluding hydrogens is 256 g/mol. The number of carbonyl (C=O) groups excluding carboxylic acids is 1. The number of para-hydroxylation sites is 1. The van der Waals surface area contributed by atoms with Crippen LogP contribution in [0.4, 0.5) is 4.79 Å². The number of carbonyl (C=O) groups is 1. The summed E-state index contributed by atoms with van der Waals surface area (Å²) in [5, 5.41) is 5.64. The average Bonchev–Trinajstić information content (AvgIpc) is 2.88. The monoisotopic (exact) mass is 278 g/mol. The Labute approximate surface area is 119 Å². The molecule has 1 aromatic rings. The van der Waals surface area contributed by atoms with Gasteiger partial charge in [0.15, 0.2) is 0 Å². The maximum Gasteiger partial charge on any atom is 0.314 e. The van der Waals surface area contributed by atoms with Crippen LogP contribution in [0.25, 0.3) is 0 Å². The van der Waals surface area contributed by atoms with E-state index >= 15 is 0 Å². The van der Waals surface area contributed by atoms with Gasteiger partial charge in [0, 0.05) is 26.2 Å². The third kappa shape index (κ3) is 4.42. The number of urea groups is 1. The molecule has 5 nitrogen and oxygen atoms in total. The molecule has 110 valence electrons. The lowest BCUT2D eigenvalue weighted by Crippen LogP contribution is -2.41. The fraction of sp³-hybridized carbons (Fsp3) is 0.533. The van der Waals surface area contributed by atoms with Gasteiger partial charge < -0.3 is 20.1 Å². The van der Waals surface area contributed by atoms with Crippen LogP contribution >= 0.6 is 0 Å². The molecule has 5 heteroatoms. The van der Waals surface area contributed by atoms with Gasteiger partial charge in [-0.15, -0.1) is 0 Å². The second kappa shape index (κ2) is 7.75. The Bertz CT molecular complexity index is 412. The maximum atomic E-state index is 11.6. The number of nitrogens with one attached hydrogen (secondary N) is 2. The molecule has 20 heavy (non-hydrogen) atoms. The summed E-state index contributed by atoms with van der Waals surface area (Å²) in [6.07, 6.45) is 1.70. The largest absolute Gasteiger partial charge is 0.488 e. The van der Waals surface area contributed by atoms with Gasteiger partial charge in [0.25, 0.3) is 0 Å². The van der Waals surface area contributed by atoms with E-state index < -0.39 is 0 Å². The molecule has 0 saturated carbocycles. The average molecular weight is 278 g/mol. The molecule has 1 aliphatic heterocycles. The fourth-order valence-electron chi connectivity index (χ4n) is 2.16. The Kier molecular flexibility index (Phi) is 5.68. The minimum atomic E-state index is -0.152. The van der Waals surface area contributed by atoms with E-state index in [-0.39, 0.29) is 12.1 Å². The van der Waals surface area contributed by atoms with E-state index in [1.807, 2.05) is 25.1 Å². The van der Waals surface area contributed by atoms with Gasteiger partial charge in [-0.3, -0.25) is 0 Å². The molecule has 0 unspecified atom stereocenters. The molecule has 2 amide bonds. The molecule has 0 aromatic heterocycles. The van der Waals surface area contributed by atoms with E-state index in [0.717, 1.165) is 18.6 Å². The highest BCUT2D eigenvalue weighted by atomic mass is 16.5. The lowest BCUT2D eigenvalue weighted by Gasteiger charge is -2.12. The van der Waals surface area contributed by atoms with Gasteiger partial charge in [-0.25, -0.2) is 4.79 Å². The van der Waals surface area contributed by atoms with Gasteiger partial charge in [-0.2, -0.15) is 0 Å². The SMILES string of the molecule is CCOCCCNC(=O)NC[C@H]1Cc2ccccc2O1. The maximum absolute atomic E-state index is 11.6. The first kappa shape index (κ1) is 14.7. The van der Waals surface area contributed by atoms with E-state index in [0.29, 0.717) is 26.3 Å². The summed E-state index contributed by atoms with van der Waals surface area (Å²) in [4.78, 5) is 11.6. The van der Waals surface area contributed by atoms with Crippen molar-refractivity contribution < 1.29 is 14.3 Å². The zero-order valence-corrected chi connectivity index (χ0v) is 11.9. The minimum Gasteiger partial charge on any atom is -0.488 e. The predicted octanol–water partition coefficient (Wildman–Crippen LogP) is 1.72. The Morgan fingerprint density at radius 3 is 3.05 bits per heavy atom. The lowest BCUT2D eigenvalue weighted by atomic mass is 10.1. The fourth-order valence-corrected chi connectivity index (χ4v) is 2.16. The van der Waals surface area contributed by atoms with Crippen molar-refractivity contribution in [2.45, 2.75) is 25.9 Å². The normalized spacial score (nSPS) is 16.4. The number of rotatable bonds is 7. The summed E-state index contributed by atoms with van der Waals surface area (Å²) in [5.74, 6) is 0.927. The molecule has 1 heterocycles. The number of fused-ring (bicyclic) bond motifs is 1. The van der Waals surface area contributed by atoms with Crippen molar-refractivity contribution in [3.05, 3.63) is 29.8 Å². The topological polar surface area (TPSA) is 59.6 Å². The van der Waals surface area contributed by atoms with Crippen LogP contribution in [-0.2, 0) is 11.2 Å². The minimum absolute atomic E-state index is 0.0292. The van der Waals surface area contributed by atoms with Crippen LogP contribution in [0.2, 0.25) is 0 Å². The second-order valence-electron chi connectivity index (χ2n) is 4.74. The summed E-state index contributed by atoms with van der Waals surface area (Å²) in [7, 11) is 0. The summed E-state index contributed by atoms with van der Waals surface area (Å²) < 4.78 is 11.0. The standard InChI is InChI=1S/C15H22N2O3/c1-2-19-9-5-8-16-15(18)17-11-13-10-12-6-3-4-7-14(12)20-13/h3-4,6-7,13H,2,5,8-11H2,1H3,(H2,16,17,18)/t13-/m1/s1. The first-order valence-corrected chi connectivity index (χ1v) is 7.13. The van der Waals surface area contributed by atoms with Gasteiger partial charge in [0.1, 0.15) is 11.9 Å². The van der Waals surface area contributed by atoms with Gasteiger partial charge in [0.2, 0.25) is 0 Å². The van der Waals surface area contributed by atoms with Gasteiger partial charge in [-0.1, -0.05) is 18.2 Å². The molecule has 0 spiro atoms. The quantitative estimate of drug-likeness (QED) is 0.747. The molecule has 2 rings (SSSR count). The van der Waals surface area contributed by atoms with Crippen molar-refractivity contribution in [1.29, 1.82) is 0 Å². The Morgan fingerprint density at radius 2 is 2.25 bits per heavy atom. The molecule has 0 bridgehead atoms. The Morgan fingerprint density at radius 1 is 1.40 bits per heavy atom. The van der Waals surface area contributed by atoms with E-state index in [2.05, 4.69) is 16.7 Å². The third-order valence-electron chi connectivity index (χ3n) is 3.16. The van der Waals surface area contributed by atoms with Crippen LogP contribution in [0.3, 0.4) is 0 Å². The van der Waals surface area contributed by atoms with Crippen LogP contribution in [0, 0.1) is 0 Å². The van der Waals surface area contributed by atoms with E-state index in [1.165, 1.54) is 5.56 Å². The number of hydrogen-bond donors (Lipinski definition) is 2. The first-order chi connectivity index (χ1) is 9.79. The summed E-state index contributed by atoms with van der Waals surface area (Å²) in [6.45, 7) is 4.49. The van der Waals surface area contributed by atoms with Crippen molar-refractivity contribution in [1.82, 2.24) is 10.6 Å². The van der Waals surface area contributed by atoms with Gasteiger partial charge >= 0.3 is 6.03 Å². The van der Waals surface area contributed by atoms with Crippen LogP contribution in [0.15, 0.2) is 24.3 Å². The molecule has 2 N–H and O–H groups in total. The lowest BCUT2D eigenvalue weighted by molar-refractivity contribution is 0.145. The third-order valence-corrected chi connectivity index (χ3v) is 3.16. The highest BCUT2D eigenvalue weighted by molar-refractivity contribution is 5.73. The van der Waals surface area contributed by atoms with Crippen molar-refractivity contribution in [3.8, 4) is 5.75 Å². The first-order valence-electron chi connectivity index (χ1n) is 7.13. The summed E-state index contributed by atoms with van der Waals surface area (Å²) >= 11 is 0. The molecule has 0 fully saturated rings. The number of hydrogen-bond acceptors (Lipinski definition) is 3. The van der Waals surface area contributed by atoms with Crippen LogP contribution in [0.1, 0.15) is 18.9 Å².